The number of fused-ring (bicyclic) bond motifs is 1. The second-order valence-electron chi connectivity index (χ2n) is 5.16. The van der Waals surface area contributed by atoms with Crippen molar-refractivity contribution in [2.45, 2.75) is 0 Å². The van der Waals surface area contributed by atoms with Crippen LogP contribution in [0.4, 0.5) is 17.2 Å². The van der Waals surface area contributed by atoms with Crippen molar-refractivity contribution in [2.24, 2.45) is 14.1 Å². The lowest BCUT2D eigenvalue weighted by atomic mass is 10.2. The summed E-state index contributed by atoms with van der Waals surface area (Å²) in [5.74, 6) is 0.233. The zero-order valence-corrected chi connectivity index (χ0v) is 12.6. The van der Waals surface area contributed by atoms with E-state index in [0.29, 0.717) is 5.69 Å². The van der Waals surface area contributed by atoms with Crippen LogP contribution < -0.4 is 27.7 Å². The van der Waals surface area contributed by atoms with Gasteiger partial charge in [0, 0.05) is 19.8 Å². The lowest BCUT2D eigenvalue weighted by Crippen LogP contribution is -2.39. The molecule has 2 heterocycles. The number of nitrogens with two attached hydrogens (primary N) is 1. The average molecular weight is 313 g/mol. The number of aromatic nitrogens is 3. The molecule has 3 rings (SSSR count). The van der Waals surface area contributed by atoms with E-state index in [1.54, 1.807) is 12.1 Å². The van der Waals surface area contributed by atoms with Crippen LogP contribution in [0.2, 0.25) is 0 Å². The number of nitrogens with zero attached hydrogens (tertiary/aromatic N) is 2. The van der Waals surface area contributed by atoms with E-state index in [4.69, 9.17) is 5.73 Å². The predicted octanol–water partition coefficient (Wildman–Crippen LogP) is 0.251. The SMILES string of the molecule is Cn1c(=O)c2c(=O)c(N)c(Nc3ccccc3)[nH]c2n(C)c1=O. The number of rotatable bonds is 2. The first-order chi connectivity index (χ1) is 10.9. The third-order valence-corrected chi connectivity index (χ3v) is 3.69. The molecule has 8 nitrogen and oxygen atoms in total. The summed E-state index contributed by atoms with van der Waals surface area (Å²) in [5.41, 5.74) is 4.75. The first kappa shape index (κ1) is 14.6. The van der Waals surface area contributed by atoms with Crippen molar-refractivity contribution >= 4 is 28.2 Å². The monoisotopic (exact) mass is 313 g/mol. The molecule has 0 bridgehead atoms. The Balaban J connectivity index is 2.35. The Labute approximate surface area is 129 Å². The summed E-state index contributed by atoms with van der Waals surface area (Å²) < 4.78 is 2.08. The summed E-state index contributed by atoms with van der Waals surface area (Å²) in [7, 11) is 2.79. The molecule has 118 valence electrons. The van der Waals surface area contributed by atoms with Crippen LogP contribution in [0.3, 0.4) is 0 Å². The minimum Gasteiger partial charge on any atom is -0.393 e. The van der Waals surface area contributed by atoms with Crippen LogP contribution in [0.15, 0.2) is 44.7 Å². The molecule has 0 aliphatic rings. The van der Waals surface area contributed by atoms with Crippen LogP contribution in [0.25, 0.3) is 11.0 Å². The summed E-state index contributed by atoms with van der Waals surface area (Å²) in [6.07, 6.45) is 0. The van der Waals surface area contributed by atoms with Crippen LogP contribution in [0, 0.1) is 0 Å². The second-order valence-corrected chi connectivity index (χ2v) is 5.16. The molecule has 0 aliphatic heterocycles. The highest BCUT2D eigenvalue weighted by Crippen LogP contribution is 2.19. The Kier molecular flexibility index (Phi) is 3.29. The summed E-state index contributed by atoms with van der Waals surface area (Å²) in [6, 6.07) is 9.09. The molecule has 0 atom stereocenters. The van der Waals surface area contributed by atoms with Gasteiger partial charge in [-0.2, -0.15) is 0 Å². The Bertz CT molecular complexity index is 1080. The summed E-state index contributed by atoms with van der Waals surface area (Å²) >= 11 is 0. The maximum Gasteiger partial charge on any atom is 0.332 e. The highest BCUT2D eigenvalue weighted by atomic mass is 16.2. The number of anilines is 3. The number of hydrogen-bond acceptors (Lipinski definition) is 5. The fourth-order valence-electron chi connectivity index (χ4n) is 2.39. The summed E-state index contributed by atoms with van der Waals surface area (Å²) in [4.78, 5) is 39.6. The molecule has 0 unspecified atom stereocenters. The van der Waals surface area contributed by atoms with Gasteiger partial charge in [-0.15, -0.1) is 0 Å². The molecular weight excluding hydrogens is 298 g/mol. The quantitative estimate of drug-likeness (QED) is 0.627. The molecule has 0 spiro atoms. The standard InChI is InChI=1S/C15H15N5O3/c1-19-13-9(14(22)20(2)15(19)23)11(21)10(16)12(18-13)17-8-6-4-3-5-7-8/h3-7H,16H2,1-2H3,(H2,17,18,21). The van der Waals surface area contributed by atoms with Gasteiger partial charge < -0.3 is 16.0 Å². The lowest BCUT2D eigenvalue weighted by Gasteiger charge is -2.13. The first-order valence-electron chi connectivity index (χ1n) is 6.85. The molecule has 3 aromatic rings. The Morgan fingerprint density at radius 1 is 1.04 bits per heavy atom. The molecule has 0 radical (unpaired) electrons. The van der Waals surface area contributed by atoms with E-state index in [0.717, 1.165) is 4.57 Å². The normalized spacial score (nSPS) is 10.9. The first-order valence-corrected chi connectivity index (χ1v) is 6.85. The van der Waals surface area contributed by atoms with Crippen molar-refractivity contribution in [1.82, 2.24) is 14.1 Å². The van der Waals surface area contributed by atoms with Gasteiger partial charge >= 0.3 is 5.69 Å². The molecule has 2 aromatic heterocycles. The van der Waals surface area contributed by atoms with E-state index >= 15 is 0 Å². The zero-order valence-electron chi connectivity index (χ0n) is 12.6. The number of nitrogen functional groups attached to an aromatic ring is 1. The van der Waals surface area contributed by atoms with E-state index in [2.05, 4.69) is 10.3 Å². The molecule has 8 heteroatoms. The number of H-pyrrole nitrogens is 1. The van der Waals surface area contributed by atoms with Gasteiger partial charge in [-0.05, 0) is 12.1 Å². The van der Waals surface area contributed by atoms with Crippen LogP contribution in [0.5, 0.6) is 0 Å². The van der Waals surface area contributed by atoms with Crippen LogP contribution in [-0.4, -0.2) is 14.1 Å². The molecule has 1 aromatic carbocycles. The fraction of sp³-hybridized carbons (Fsp3) is 0.133. The molecular formula is C15H15N5O3. The largest absolute Gasteiger partial charge is 0.393 e. The van der Waals surface area contributed by atoms with Crippen molar-refractivity contribution in [1.29, 1.82) is 0 Å². The van der Waals surface area contributed by atoms with Crippen LogP contribution in [0.1, 0.15) is 0 Å². The molecule has 0 aliphatic carbocycles. The van der Waals surface area contributed by atoms with Crippen molar-refractivity contribution in [3.05, 3.63) is 61.4 Å². The number of aryl methyl sites for hydroxylation is 1. The van der Waals surface area contributed by atoms with Gasteiger partial charge in [-0.25, -0.2) is 4.79 Å². The maximum absolute atomic E-state index is 12.5. The number of nitrogens with one attached hydrogen (secondary N) is 2. The number of para-hydroxylation sites is 1. The Morgan fingerprint density at radius 2 is 1.70 bits per heavy atom. The molecule has 0 amide bonds. The van der Waals surface area contributed by atoms with Gasteiger partial charge in [-0.1, -0.05) is 18.2 Å². The third-order valence-electron chi connectivity index (χ3n) is 3.69. The summed E-state index contributed by atoms with van der Waals surface area (Å²) in [6.45, 7) is 0. The van der Waals surface area contributed by atoms with Gasteiger partial charge in [0.2, 0.25) is 5.43 Å². The minimum absolute atomic E-state index is 0.114. The molecule has 23 heavy (non-hydrogen) atoms. The summed E-state index contributed by atoms with van der Waals surface area (Å²) in [5, 5.41) is 2.83. The molecule has 0 saturated heterocycles. The second kappa shape index (κ2) is 5.16. The smallest absolute Gasteiger partial charge is 0.332 e. The van der Waals surface area contributed by atoms with E-state index in [9.17, 15) is 14.4 Å². The Morgan fingerprint density at radius 3 is 2.35 bits per heavy atom. The van der Waals surface area contributed by atoms with Crippen LogP contribution >= 0.6 is 0 Å². The fourth-order valence-corrected chi connectivity index (χ4v) is 2.39. The number of benzene rings is 1. The number of pyridine rings is 1. The highest BCUT2D eigenvalue weighted by molar-refractivity contribution is 5.84. The van der Waals surface area contributed by atoms with Gasteiger partial charge in [-0.3, -0.25) is 18.7 Å². The number of hydrogen-bond donors (Lipinski definition) is 3. The molecule has 4 N–H and O–H groups in total. The Hall–Kier alpha value is -3.29. The van der Waals surface area contributed by atoms with Crippen molar-refractivity contribution < 1.29 is 0 Å². The molecule has 0 fully saturated rings. The minimum atomic E-state index is -0.678. The van der Waals surface area contributed by atoms with Gasteiger partial charge in [0.05, 0.1) is 0 Å². The van der Waals surface area contributed by atoms with Gasteiger partial charge in [0.15, 0.2) is 0 Å². The van der Waals surface area contributed by atoms with E-state index in [1.807, 2.05) is 18.2 Å². The van der Waals surface area contributed by atoms with Gasteiger partial charge in [0.1, 0.15) is 22.5 Å². The van der Waals surface area contributed by atoms with Crippen molar-refractivity contribution in [2.75, 3.05) is 11.1 Å². The van der Waals surface area contributed by atoms with Crippen LogP contribution in [-0.2, 0) is 14.1 Å². The topological polar surface area (TPSA) is 115 Å². The number of aromatic amines is 1. The highest BCUT2D eigenvalue weighted by Gasteiger charge is 2.17. The van der Waals surface area contributed by atoms with E-state index in [1.165, 1.54) is 18.7 Å². The van der Waals surface area contributed by atoms with E-state index in [-0.39, 0.29) is 22.5 Å². The van der Waals surface area contributed by atoms with E-state index < -0.39 is 16.7 Å². The maximum atomic E-state index is 12.5. The van der Waals surface area contributed by atoms with Crippen molar-refractivity contribution in [3.63, 3.8) is 0 Å². The average Bonchev–Trinajstić information content (AvgIpc) is 2.56. The lowest BCUT2D eigenvalue weighted by molar-refractivity contribution is 0.707. The van der Waals surface area contributed by atoms with Crippen molar-refractivity contribution in [3.8, 4) is 0 Å². The van der Waals surface area contributed by atoms with Gasteiger partial charge in [0.25, 0.3) is 5.56 Å². The third kappa shape index (κ3) is 2.20. The zero-order chi connectivity index (χ0) is 16.7. The predicted molar refractivity (Wildman–Crippen MR) is 89.2 cm³/mol. The molecule has 0 saturated carbocycles.